The van der Waals surface area contributed by atoms with E-state index in [-0.39, 0.29) is 37.4 Å². The molecule has 0 radical (unpaired) electrons. The number of anilines is 1. The van der Waals surface area contributed by atoms with Crippen molar-refractivity contribution in [1.29, 1.82) is 0 Å². The zero-order valence-corrected chi connectivity index (χ0v) is 23.0. The van der Waals surface area contributed by atoms with Crippen molar-refractivity contribution in [3.8, 4) is 0 Å². The number of benzene rings is 2. The van der Waals surface area contributed by atoms with Crippen LogP contribution in [0.2, 0.25) is 5.02 Å². The van der Waals surface area contributed by atoms with Crippen molar-refractivity contribution in [3.05, 3.63) is 63.6 Å². The summed E-state index contributed by atoms with van der Waals surface area (Å²) in [4.78, 5) is 27.4. The Morgan fingerprint density at radius 2 is 1.74 bits per heavy atom. The number of sulfonamides is 1. The van der Waals surface area contributed by atoms with Gasteiger partial charge in [0.15, 0.2) is 0 Å². The van der Waals surface area contributed by atoms with Crippen LogP contribution in [0, 0.1) is 0 Å². The fraction of sp³-hybridized carbons (Fsp3) is 0.417. The van der Waals surface area contributed by atoms with E-state index >= 15 is 0 Å². The lowest BCUT2D eigenvalue weighted by molar-refractivity contribution is -0.140. The third kappa shape index (κ3) is 8.60. The zero-order chi connectivity index (χ0) is 25.5. The van der Waals surface area contributed by atoms with Gasteiger partial charge in [-0.05, 0) is 69.2 Å². The number of carbonyl (C=O) groups is 2. The number of amides is 2. The maximum absolute atomic E-state index is 13.2. The van der Waals surface area contributed by atoms with E-state index in [9.17, 15) is 18.0 Å². The van der Waals surface area contributed by atoms with Gasteiger partial charge in [0.1, 0.15) is 6.04 Å². The van der Waals surface area contributed by atoms with Crippen LogP contribution in [0.15, 0.2) is 53.0 Å². The van der Waals surface area contributed by atoms with Crippen molar-refractivity contribution < 1.29 is 18.0 Å². The van der Waals surface area contributed by atoms with Gasteiger partial charge in [0, 0.05) is 35.0 Å². The van der Waals surface area contributed by atoms with Crippen molar-refractivity contribution in [2.45, 2.75) is 52.2 Å². The van der Waals surface area contributed by atoms with Gasteiger partial charge in [-0.2, -0.15) is 0 Å². The highest BCUT2D eigenvalue weighted by Crippen LogP contribution is 2.22. The molecule has 0 aliphatic heterocycles. The average molecular weight is 573 g/mol. The Balaban J connectivity index is 2.16. The molecule has 0 fully saturated rings. The molecule has 2 amide bonds. The highest BCUT2D eigenvalue weighted by Gasteiger charge is 2.27. The van der Waals surface area contributed by atoms with E-state index in [4.69, 9.17) is 11.6 Å². The number of carbonyl (C=O) groups excluding carboxylic acids is 2. The molecule has 10 heteroatoms. The standard InChI is InChI=1S/C24H31BrClN3O4S/c1-17(2)27-24(31)18(3)28(16-19-7-5-8-20(25)15-19)23(30)9-6-14-29(34(4,32)33)22-12-10-21(26)11-13-22/h5,7-8,10-13,15,17-18H,6,9,14,16H2,1-4H3,(H,27,31)/t18-/m1/s1. The quantitative estimate of drug-likeness (QED) is 0.427. The number of nitrogens with zero attached hydrogens (tertiary/aromatic N) is 2. The molecular formula is C24H31BrClN3O4S. The zero-order valence-electron chi connectivity index (χ0n) is 19.8. The van der Waals surface area contributed by atoms with Crippen molar-refractivity contribution in [1.82, 2.24) is 10.2 Å². The predicted octanol–water partition coefficient (Wildman–Crippen LogP) is 4.59. The van der Waals surface area contributed by atoms with Gasteiger partial charge >= 0.3 is 0 Å². The summed E-state index contributed by atoms with van der Waals surface area (Å²) in [5.74, 6) is -0.465. The normalized spacial score (nSPS) is 12.3. The van der Waals surface area contributed by atoms with Gasteiger partial charge in [-0.1, -0.05) is 39.7 Å². The summed E-state index contributed by atoms with van der Waals surface area (Å²) >= 11 is 9.36. The molecule has 0 unspecified atom stereocenters. The first-order chi connectivity index (χ1) is 15.9. The third-order valence-corrected chi connectivity index (χ3v) is 7.05. The van der Waals surface area contributed by atoms with Crippen LogP contribution >= 0.6 is 27.5 Å². The Morgan fingerprint density at radius 3 is 2.29 bits per heavy atom. The molecule has 0 spiro atoms. The minimum absolute atomic E-state index is 0.0551. The molecule has 0 saturated heterocycles. The predicted molar refractivity (Wildman–Crippen MR) is 140 cm³/mol. The minimum Gasteiger partial charge on any atom is -0.352 e. The molecule has 0 aromatic heterocycles. The first-order valence-electron chi connectivity index (χ1n) is 11.0. The second-order valence-electron chi connectivity index (χ2n) is 8.41. The lowest BCUT2D eigenvalue weighted by Crippen LogP contribution is -2.49. The van der Waals surface area contributed by atoms with Crippen LogP contribution in [0.4, 0.5) is 5.69 Å². The largest absolute Gasteiger partial charge is 0.352 e. The van der Waals surface area contributed by atoms with Crippen molar-refractivity contribution in [2.75, 3.05) is 17.1 Å². The molecule has 2 aromatic carbocycles. The van der Waals surface area contributed by atoms with Gasteiger partial charge in [0.05, 0.1) is 11.9 Å². The van der Waals surface area contributed by atoms with E-state index in [0.29, 0.717) is 17.1 Å². The van der Waals surface area contributed by atoms with Crippen molar-refractivity contribution in [2.24, 2.45) is 0 Å². The first-order valence-corrected chi connectivity index (χ1v) is 14.0. The Morgan fingerprint density at radius 1 is 1.09 bits per heavy atom. The third-order valence-electron chi connectivity index (χ3n) is 5.11. The van der Waals surface area contributed by atoms with Gasteiger partial charge in [-0.15, -0.1) is 0 Å². The summed E-state index contributed by atoms with van der Waals surface area (Å²) in [5.41, 5.74) is 1.36. The smallest absolute Gasteiger partial charge is 0.242 e. The molecular weight excluding hydrogens is 542 g/mol. The molecule has 186 valence electrons. The molecule has 1 atom stereocenters. The van der Waals surface area contributed by atoms with Crippen molar-refractivity contribution in [3.63, 3.8) is 0 Å². The summed E-state index contributed by atoms with van der Waals surface area (Å²) in [6, 6.07) is 13.3. The Kier molecular flexibility index (Phi) is 10.4. The van der Waals surface area contributed by atoms with Crippen LogP contribution < -0.4 is 9.62 Å². The molecule has 1 N–H and O–H groups in total. The van der Waals surface area contributed by atoms with E-state index in [2.05, 4.69) is 21.2 Å². The summed E-state index contributed by atoms with van der Waals surface area (Å²) in [6.45, 7) is 5.81. The van der Waals surface area contributed by atoms with Gasteiger partial charge in [0.2, 0.25) is 21.8 Å². The maximum atomic E-state index is 13.2. The summed E-state index contributed by atoms with van der Waals surface area (Å²) in [5, 5.41) is 3.36. The molecule has 34 heavy (non-hydrogen) atoms. The SMILES string of the molecule is CC(C)NC(=O)[C@@H](C)N(Cc1cccc(Br)c1)C(=O)CCCN(c1ccc(Cl)cc1)S(C)(=O)=O. The van der Waals surface area contributed by atoms with Gasteiger partial charge in [-0.3, -0.25) is 13.9 Å². The fourth-order valence-corrected chi connectivity index (χ4v) is 4.97. The van der Waals surface area contributed by atoms with Gasteiger partial charge < -0.3 is 10.2 Å². The average Bonchev–Trinajstić information content (AvgIpc) is 2.74. The Labute approximate surface area is 215 Å². The van der Waals surface area contributed by atoms with E-state index in [0.717, 1.165) is 16.3 Å². The molecule has 0 aliphatic carbocycles. The highest BCUT2D eigenvalue weighted by atomic mass is 79.9. The molecule has 0 heterocycles. The summed E-state index contributed by atoms with van der Waals surface area (Å²) in [6.07, 6.45) is 1.51. The minimum atomic E-state index is -3.55. The summed E-state index contributed by atoms with van der Waals surface area (Å²) < 4.78 is 26.8. The maximum Gasteiger partial charge on any atom is 0.242 e. The lowest BCUT2D eigenvalue weighted by Gasteiger charge is -2.30. The first kappa shape index (κ1) is 28.1. The number of hydrogen-bond acceptors (Lipinski definition) is 4. The molecule has 7 nitrogen and oxygen atoms in total. The van der Waals surface area contributed by atoms with Crippen LogP contribution in [0.1, 0.15) is 39.2 Å². The highest BCUT2D eigenvalue weighted by molar-refractivity contribution is 9.10. The monoisotopic (exact) mass is 571 g/mol. The van der Waals surface area contributed by atoms with Crippen LogP contribution in [-0.4, -0.2) is 50.0 Å². The van der Waals surface area contributed by atoms with E-state index in [1.807, 2.05) is 38.1 Å². The van der Waals surface area contributed by atoms with E-state index in [1.54, 1.807) is 31.2 Å². The fourth-order valence-electron chi connectivity index (χ4n) is 3.43. The molecule has 2 aromatic rings. The van der Waals surface area contributed by atoms with Crippen LogP contribution in [-0.2, 0) is 26.2 Å². The van der Waals surface area contributed by atoms with Crippen molar-refractivity contribution >= 4 is 55.1 Å². The second-order valence-corrected chi connectivity index (χ2v) is 11.7. The number of halogens is 2. The van der Waals surface area contributed by atoms with E-state index < -0.39 is 16.1 Å². The summed E-state index contributed by atoms with van der Waals surface area (Å²) in [7, 11) is -3.55. The topological polar surface area (TPSA) is 86.8 Å². The van der Waals surface area contributed by atoms with Crippen LogP contribution in [0.3, 0.4) is 0 Å². The molecule has 2 rings (SSSR count). The van der Waals surface area contributed by atoms with E-state index in [1.165, 1.54) is 9.21 Å². The molecule has 0 bridgehead atoms. The Bertz CT molecular complexity index is 1090. The Hall–Kier alpha value is -2.10. The lowest BCUT2D eigenvalue weighted by atomic mass is 10.1. The van der Waals surface area contributed by atoms with Crippen LogP contribution in [0.5, 0.6) is 0 Å². The van der Waals surface area contributed by atoms with Crippen LogP contribution in [0.25, 0.3) is 0 Å². The number of rotatable bonds is 11. The molecule has 0 aliphatic rings. The number of nitrogens with one attached hydrogen (secondary N) is 1. The second kappa shape index (κ2) is 12.6. The number of hydrogen-bond donors (Lipinski definition) is 1. The molecule has 0 saturated carbocycles. The van der Waals surface area contributed by atoms with Gasteiger partial charge in [0.25, 0.3) is 0 Å². The van der Waals surface area contributed by atoms with Gasteiger partial charge in [-0.25, -0.2) is 8.42 Å².